The van der Waals surface area contributed by atoms with Crippen LogP contribution in [-0.2, 0) is 13.0 Å². The van der Waals surface area contributed by atoms with Crippen molar-refractivity contribution in [1.82, 2.24) is 15.1 Å². The van der Waals surface area contributed by atoms with Gasteiger partial charge < -0.3 is 9.32 Å². The van der Waals surface area contributed by atoms with Crippen molar-refractivity contribution in [2.24, 2.45) is 5.92 Å². The first-order chi connectivity index (χ1) is 12.0. The minimum Gasteiger partial charge on any atom is -0.424 e. The van der Waals surface area contributed by atoms with E-state index in [1.54, 1.807) is 0 Å². The Kier molecular flexibility index (Phi) is 5.34. The Morgan fingerprint density at radius 2 is 1.96 bits per heavy atom. The Balaban J connectivity index is 1.66. The summed E-state index contributed by atoms with van der Waals surface area (Å²) in [6, 6.07) is 8.57. The Labute approximate surface area is 149 Å². The molecule has 2 aromatic rings. The van der Waals surface area contributed by atoms with Crippen LogP contribution in [0.25, 0.3) is 0 Å². The van der Waals surface area contributed by atoms with Gasteiger partial charge in [0.15, 0.2) is 0 Å². The third-order valence-corrected chi connectivity index (χ3v) is 4.47. The molecule has 1 aromatic heterocycles. The lowest BCUT2D eigenvalue weighted by Gasteiger charge is -2.36. The molecular formula is C19H25N5O. The zero-order valence-electron chi connectivity index (χ0n) is 15.2. The summed E-state index contributed by atoms with van der Waals surface area (Å²) in [5.41, 5.74) is 3.12. The molecule has 1 saturated heterocycles. The third-order valence-electron chi connectivity index (χ3n) is 4.47. The molecule has 2 heterocycles. The Hall–Kier alpha value is -2.39. The first-order valence-corrected chi connectivity index (χ1v) is 8.84. The van der Waals surface area contributed by atoms with Crippen LogP contribution >= 0.6 is 0 Å². The van der Waals surface area contributed by atoms with Gasteiger partial charge in [0.1, 0.15) is 6.07 Å². The Morgan fingerprint density at radius 3 is 2.56 bits per heavy atom. The van der Waals surface area contributed by atoms with Crippen molar-refractivity contribution in [1.29, 1.82) is 5.26 Å². The van der Waals surface area contributed by atoms with Gasteiger partial charge in [0.2, 0.25) is 11.8 Å². The quantitative estimate of drug-likeness (QED) is 0.834. The Morgan fingerprint density at radius 1 is 1.20 bits per heavy atom. The van der Waals surface area contributed by atoms with Gasteiger partial charge >= 0.3 is 0 Å². The van der Waals surface area contributed by atoms with E-state index < -0.39 is 0 Å². The summed E-state index contributed by atoms with van der Waals surface area (Å²) in [7, 11) is 0. The highest BCUT2D eigenvalue weighted by atomic mass is 16.4. The third kappa shape index (κ3) is 4.37. The van der Waals surface area contributed by atoms with Gasteiger partial charge in [-0.3, -0.25) is 4.90 Å². The van der Waals surface area contributed by atoms with E-state index in [0.717, 1.165) is 43.9 Å². The summed E-state index contributed by atoms with van der Waals surface area (Å²) in [6.45, 7) is 10.6. The van der Waals surface area contributed by atoms with E-state index in [2.05, 4.69) is 52.0 Å². The summed E-state index contributed by atoms with van der Waals surface area (Å²) in [5, 5.41) is 17.4. The van der Waals surface area contributed by atoms with Crippen molar-refractivity contribution in [3.05, 3.63) is 41.1 Å². The predicted octanol–water partition coefficient (Wildman–Crippen LogP) is 2.77. The van der Waals surface area contributed by atoms with E-state index in [1.807, 2.05) is 13.0 Å². The minimum atomic E-state index is 0.606. The lowest BCUT2D eigenvalue weighted by Crippen LogP contribution is -2.46. The highest BCUT2D eigenvalue weighted by molar-refractivity contribution is 5.61. The molecule has 132 valence electrons. The molecule has 1 aliphatic rings. The van der Waals surface area contributed by atoms with Gasteiger partial charge in [-0.25, -0.2) is 0 Å². The molecular weight excluding hydrogens is 314 g/mol. The molecule has 0 N–H and O–H groups in total. The Bertz CT molecular complexity index is 753. The molecule has 1 aromatic carbocycles. The molecule has 0 spiro atoms. The van der Waals surface area contributed by atoms with Crippen molar-refractivity contribution >= 4 is 5.69 Å². The lowest BCUT2D eigenvalue weighted by molar-refractivity contribution is 0.225. The lowest BCUT2D eigenvalue weighted by atomic mass is 10.00. The van der Waals surface area contributed by atoms with Crippen LogP contribution < -0.4 is 4.90 Å². The largest absolute Gasteiger partial charge is 0.424 e. The molecule has 3 rings (SSSR count). The number of nitriles is 1. The van der Waals surface area contributed by atoms with E-state index in [4.69, 9.17) is 4.42 Å². The van der Waals surface area contributed by atoms with Crippen LogP contribution in [0.5, 0.6) is 0 Å². The second kappa shape index (κ2) is 7.66. The number of hydrogen-bond acceptors (Lipinski definition) is 6. The number of hydrogen-bond donors (Lipinski definition) is 0. The van der Waals surface area contributed by atoms with Gasteiger partial charge in [-0.2, -0.15) is 5.26 Å². The van der Waals surface area contributed by atoms with Gasteiger partial charge in [0, 0.05) is 33.1 Å². The van der Waals surface area contributed by atoms with Crippen molar-refractivity contribution < 1.29 is 4.42 Å². The average molecular weight is 339 g/mol. The average Bonchev–Trinajstić information content (AvgIpc) is 3.00. The van der Waals surface area contributed by atoms with E-state index >= 15 is 0 Å². The summed E-state index contributed by atoms with van der Waals surface area (Å²) in [6.07, 6.45) is 1.04. The molecule has 1 fully saturated rings. The molecule has 0 amide bonds. The zero-order chi connectivity index (χ0) is 17.8. The number of anilines is 1. The zero-order valence-corrected chi connectivity index (χ0v) is 15.2. The highest BCUT2D eigenvalue weighted by Crippen LogP contribution is 2.25. The highest BCUT2D eigenvalue weighted by Gasteiger charge is 2.21. The van der Waals surface area contributed by atoms with Crippen LogP contribution in [0.2, 0.25) is 0 Å². The summed E-state index contributed by atoms with van der Waals surface area (Å²) in [4.78, 5) is 4.63. The number of aryl methyl sites for hydroxylation is 1. The van der Waals surface area contributed by atoms with E-state index in [9.17, 15) is 5.26 Å². The van der Waals surface area contributed by atoms with Crippen molar-refractivity contribution in [2.75, 3.05) is 31.1 Å². The second-order valence-corrected chi connectivity index (χ2v) is 7.04. The maximum absolute atomic E-state index is 9.46. The topological polar surface area (TPSA) is 69.2 Å². The van der Waals surface area contributed by atoms with Gasteiger partial charge in [-0.15, -0.1) is 10.2 Å². The standard InChI is InChI=1S/C19H25N5O/c1-14(2)10-16-4-5-17(12-20)18(11-16)24-8-6-23(7-9-24)13-19-22-21-15(3)25-19/h4-5,11,14H,6-10,13H2,1-3H3. The smallest absolute Gasteiger partial charge is 0.230 e. The van der Waals surface area contributed by atoms with Gasteiger partial charge in [-0.1, -0.05) is 19.9 Å². The number of benzene rings is 1. The van der Waals surface area contributed by atoms with Gasteiger partial charge in [0.25, 0.3) is 0 Å². The first-order valence-electron chi connectivity index (χ1n) is 8.84. The summed E-state index contributed by atoms with van der Waals surface area (Å²) < 4.78 is 5.47. The summed E-state index contributed by atoms with van der Waals surface area (Å²) >= 11 is 0. The normalized spacial score (nSPS) is 15.6. The number of nitrogens with zero attached hydrogens (tertiary/aromatic N) is 5. The van der Waals surface area contributed by atoms with Crippen molar-refractivity contribution in [2.45, 2.75) is 33.7 Å². The molecule has 0 atom stereocenters. The molecule has 6 heteroatoms. The second-order valence-electron chi connectivity index (χ2n) is 7.04. The van der Waals surface area contributed by atoms with Crippen molar-refractivity contribution in [3.63, 3.8) is 0 Å². The van der Waals surface area contributed by atoms with Crippen molar-refractivity contribution in [3.8, 4) is 6.07 Å². The summed E-state index contributed by atoms with van der Waals surface area (Å²) in [5.74, 6) is 1.88. The van der Waals surface area contributed by atoms with Crippen LogP contribution in [0.3, 0.4) is 0 Å². The van der Waals surface area contributed by atoms with E-state index in [0.29, 0.717) is 24.2 Å². The molecule has 0 radical (unpaired) electrons. The van der Waals surface area contributed by atoms with Gasteiger partial charge in [-0.05, 0) is 30.0 Å². The molecule has 0 aliphatic carbocycles. The fourth-order valence-electron chi connectivity index (χ4n) is 3.27. The number of aromatic nitrogens is 2. The molecule has 0 saturated carbocycles. The number of rotatable bonds is 5. The molecule has 0 bridgehead atoms. The minimum absolute atomic E-state index is 0.606. The van der Waals surface area contributed by atoms with Crippen LogP contribution in [0.15, 0.2) is 22.6 Å². The van der Waals surface area contributed by atoms with Crippen LogP contribution in [0, 0.1) is 24.2 Å². The molecule has 25 heavy (non-hydrogen) atoms. The predicted molar refractivity (Wildman–Crippen MR) is 96.2 cm³/mol. The fourth-order valence-corrected chi connectivity index (χ4v) is 3.27. The maximum atomic E-state index is 9.46. The number of piperazine rings is 1. The molecule has 6 nitrogen and oxygen atoms in total. The van der Waals surface area contributed by atoms with Crippen LogP contribution in [0.4, 0.5) is 5.69 Å². The van der Waals surface area contributed by atoms with Gasteiger partial charge in [0.05, 0.1) is 17.8 Å². The maximum Gasteiger partial charge on any atom is 0.230 e. The van der Waals surface area contributed by atoms with E-state index in [-0.39, 0.29) is 0 Å². The molecule has 0 unspecified atom stereocenters. The molecule has 1 aliphatic heterocycles. The monoisotopic (exact) mass is 339 g/mol. The van der Waals surface area contributed by atoms with Crippen LogP contribution in [-0.4, -0.2) is 41.3 Å². The van der Waals surface area contributed by atoms with Crippen LogP contribution in [0.1, 0.15) is 36.8 Å². The first kappa shape index (κ1) is 17.4. The fraction of sp³-hybridized carbons (Fsp3) is 0.526. The SMILES string of the molecule is Cc1nnc(CN2CCN(c3cc(CC(C)C)ccc3C#N)CC2)o1. The van der Waals surface area contributed by atoms with E-state index in [1.165, 1.54) is 5.56 Å².